The molecule has 1 rings (SSSR count). The zero-order chi connectivity index (χ0) is 20.2. The molecule has 0 aliphatic rings. The molecule has 0 aromatic carbocycles. The van der Waals surface area contributed by atoms with Crippen molar-refractivity contribution in [2.45, 2.75) is 78.9 Å². The highest BCUT2D eigenvalue weighted by molar-refractivity contribution is 7.88. The molecule has 26 heavy (non-hydrogen) atoms. The number of likely N-dealkylation sites (N-methyl/N-ethyl adjacent to an activating group) is 1. The van der Waals surface area contributed by atoms with E-state index in [4.69, 9.17) is 4.74 Å². The third-order valence-corrected chi connectivity index (χ3v) is 6.55. The topological polar surface area (TPSA) is 88.2 Å². The molecule has 0 aliphatic heterocycles. The van der Waals surface area contributed by atoms with E-state index < -0.39 is 10.0 Å². The lowest BCUT2D eigenvalue weighted by Gasteiger charge is -2.44. The standard InChI is InChI=1S/C18H36N4O3S/c1-9-18(7,16-19-13-20-21-16)12-17(5,6)15(11-25-14(3)4)22(10-2)26(8,23)24/h13-15H,9-12H2,1-8H3,(H,19,20,21). The molecule has 0 aliphatic carbocycles. The molecule has 0 saturated carbocycles. The number of ether oxygens (including phenoxy) is 1. The van der Waals surface area contributed by atoms with Gasteiger partial charge in [0.25, 0.3) is 0 Å². The van der Waals surface area contributed by atoms with Crippen molar-refractivity contribution in [3.8, 4) is 0 Å². The van der Waals surface area contributed by atoms with Gasteiger partial charge in [-0.25, -0.2) is 13.4 Å². The van der Waals surface area contributed by atoms with Gasteiger partial charge < -0.3 is 4.74 Å². The highest BCUT2D eigenvalue weighted by Gasteiger charge is 2.43. The number of aromatic amines is 1. The van der Waals surface area contributed by atoms with Gasteiger partial charge in [-0.3, -0.25) is 5.10 Å². The van der Waals surface area contributed by atoms with Gasteiger partial charge in [-0.05, 0) is 32.1 Å². The van der Waals surface area contributed by atoms with Crippen molar-refractivity contribution >= 4 is 10.0 Å². The third kappa shape index (κ3) is 5.76. The minimum Gasteiger partial charge on any atom is -0.377 e. The van der Waals surface area contributed by atoms with Crippen molar-refractivity contribution < 1.29 is 13.2 Å². The summed E-state index contributed by atoms with van der Waals surface area (Å²) in [6, 6.07) is -0.265. The van der Waals surface area contributed by atoms with E-state index in [0.29, 0.717) is 13.2 Å². The summed E-state index contributed by atoms with van der Waals surface area (Å²) in [4.78, 5) is 4.36. The Morgan fingerprint density at radius 3 is 2.27 bits per heavy atom. The van der Waals surface area contributed by atoms with Crippen LogP contribution in [-0.4, -0.2) is 59.5 Å². The van der Waals surface area contributed by atoms with E-state index >= 15 is 0 Å². The third-order valence-electron chi connectivity index (χ3n) is 5.19. The molecule has 0 spiro atoms. The maximum Gasteiger partial charge on any atom is 0.211 e. The van der Waals surface area contributed by atoms with Gasteiger partial charge in [0.1, 0.15) is 12.2 Å². The van der Waals surface area contributed by atoms with Crippen LogP contribution in [0.2, 0.25) is 0 Å². The summed E-state index contributed by atoms with van der Waals surface area (Å²) in [5.41, 5.74) is -0.557. The SMILES string of the molecule is CCN(C(COC(C)C)C(C)(C)CC(C)(CC)c1ncn[nH]1)S(C)(=O)=O. The summed E-state index contributed by atoms with van der Waals surface area (Å²) < 4.78 is 32.2. The average molecular weight is 389 g/mol. The summed E-state index contributed by atoms with van der Waals surface area (Å²) in [5.74, 6) is 0.832. The minimum atomic E-state index is -3.34. The van der Waals surface area contributed by atoms with Crippen LogP contribution in [0.3, 0.4) is 0 Å². The zero-order valence-corrected chi connectivity index (χ0v) is 18.4. The molecule has 1 heterocycles. The van der Waals surface area contributed by atoms with Crippen LogP contribution < -0.4 is 0 Å². The van der Waals surface area contributed by atoms with Gasteiger partial charge in [-0.2, -0.15) is 9.40 Å². The second kappa shape index (κ2) is 8.80. The van der Waals surface area contributed by atoms with Crippen LogP contribution in [0.25, 0.3) is 0 Å². The molecule has 1 N–H and O–H groups in total. The Morgan fingerprint density at radius 2 is 1.88 bits per heavy atom. The van der Waals surface area contributed by atoms with Crippen molar-refractivity contribution in [3.05, 3.63) is 12.2 Å². The van der Waals surface area contributed by atoms with Crippen LogP contribution in [0, 0.1) is 5.41 Å². The largest absolute Gasteiger partial charge is 0.377 e. The molecular formula is C18H36N4O3S. The monoisotopic (exact) mass is 388 g/mol. The molecule has 152 valence electrons. The minimum absolute atomic E-state index is 0.0402. The number of aromatic nitrogens is 3. The molecule has 1 aromatic heterocycles. The van der Waals surface area contributed by atoms with E-state index in [-0.39, 0.29) is 23.0 Å². The predicted octanol–water partition coefficient (Wildman–Crippen LogP) is 2.96. The molecule has 1 aromatic rings. The van der Waals surface area contributed by atoms with Crippen LogP contribution in [0.4, 0.5) is 0 Å². The van der Waals surface area contributed by atoms with Crippen molar-refractivity contribution in [2.75, 3.05) is 19.4 Å². The Bertz CT molecular complexity index is 643. The van der Waals surface area contributed by atoms with Gasteiger partial charge in [0.15, 0.2) is 0 Å². The fourth-order valence-electron chi connectivity index (χ4n) is 3.66. The van der Waals surface area contributed by atoms with Crippen LogP contribution in [0.1, 0.15) is 67.1 Å². The maximum absolute atomic E-state index is 12.4. The molecule has 0 fully saturated rings. The Hall–Kier alpha value is -0.990. The molecule has 0 bridgehead atoms. The van der Waals surface area contributed by atoms with Gasteiger partial charge in [-0.1, -0.05) is 34.6 Å². The second-order valence-corrected chi connectivity index (χ2v) is 10.2. The van der Waals surface area contributed by atoms with Crippen molar-refractivity contribution in [1.29, 1.82) is 0 Å². The highest BCUT2D eigenvalue weighted by atomic mass is 32.2. The van der Waals surface area contributed by atoms with E-state index in [9.17, 15) is 8.42 Å². The van der Waals surface area contributed by atoms with Crippen LogP contribution in [-0.2, 0) is 20.2 Å². The van der Waals surface area contributed by atoms with Crippen molar-refractivity contribution in [2.24, 2.45) is 5.41 Å². The van der Waals surface area contributed by atoms with E-state index in [1.54, 1.807) is 4.31 Å². The number of rotatable bonds is 11. The molecule has 7 nitrogen and oxygen atoms in total. The summed E-state index contributed by atoms with van der Waals surface area (Å²) in [5, 5.41) is 6.98. The molecule has 0 radical (unpaired) electrons. The fourth-order valence-corrected chi connectivity index (χ4v) is 4.94. The van der Waals surface area contributed by atoms with Gasteiger partial charge in [-0.15, -0.1) is 0 Å². The van der Waals surface area contributed by atoms with Gasteiger partial charge >= 0.3 is 0 Å². The second-order valence-electron chi connectivity index (χ2n) is 8.28. The predicted molar refractivity (Wildman–Crippen MR) is 105 cm³/mol. The number of hydrogen-bond acceptors (Lipinski definition) is 5. The lowest BCUT2D eigenvalue weighted by Crippen LogP contribution is -2.52. The van der Waals surface area contributed by atoms with Gasteiger partial charge in [0.2, 0.25) is 10.0 Å². The van der Waals surface area contributed by atoms with Gasteiger partial charge in [0.05, 0.1) is 25.0 Å². The van der Waals surface area contributed by atoms with Crippen LogP contribution in [0.5, 0.6) is 0 Å². The zero-order valence-electron chi connectivity index (χ0n) is 17.5. The Balaban J connectivity index is 3.23. The fraction of sp³-hybridized carbons (Fsp3) is 0.889. The summed E-state index contributed by atoms with van der Waals surface area (Å²) in [7, 11) is -3.34. The van der Waals surface area contributed by atoms with E-state index in [2.05, 4.69) is 42.9 Å². The summed E-state index contributed by atoms with van der Waals surface area (Å²) in [6.07, 6.45) is 4.45. The number of nitrogens with one attached hydrogen (secondary N) is 1. The van der Waals surface area contributed by atoms with Crippen molar-refractivity contribution in [3.63, 3.8) is 0 Å². The first-order chi connectivity index (χ1) is 11.9. The highest BCUT2D eigenvalue weighted by Crippen LogP contribution is 2.41. The van der Waals surface area contributed by atoms with E-state index in [0.717, 1.165) is 18.7 Å². The Morgan fingerprint density at radius 1 is 1.27 bits per heavy atom. The van der Waals surface area contributed by atoms with Gasteiger partial charge in [0, 0.05) is 12.0 Å². The molecule has 8 heteroatoms. The first kappa shape index (κ1) is 23.0. The van der Waals surface area contributed by atoms with Crippen LogP contribution >= 0.6 is 0 Å². The molecular weight excluding hydrogens is 352 g/mol. The lowest BCUT2D eigenvalue weighted by molar-refractivity contribution is -0.00150. The van der Waals surface area contributed by atoms with E-state index in [1.165, 1.54) is 12.6 Å². The summed E-state index contributed by atoms with van der Waals surface area (Å²) >= 11 is 0. The normalized spacial score (nSPS) is 16.8. The molecule has 2 atom stereocenters. The molecule has 2 unspecified atom stereocenters. The number of hydrogen-bond donors (Lipinski definition) is 1. The van der Waals surface area contributed by atoms with Crippen molar-refractivity contribution in [1.82, 2.24) is 19.5 Å². The van der Waals surface area contributed by atoms with Crippen LogP contribution in [0.15, 0.2) is 6.33 Å². The Labute approximate surface area is 159 Å². The first-order valence-corrected chi connectivity index (χ1v) is 11.2. The smallest absolute Gasteiger partial charge is 0.211 e. The number of H-pyrrole nitrogens is 1. The quantitative estimate of drug-likeness (QED) is 0.629. The number of sulfonamides is 1. The van der Waals surface area contributed by atoms with E-state index in [1.807, 2.05) is 20.8 Å². The average Bonchev–Trinajstić information content (AvgIpc) is 3.04. The number of nitrogens with zero attached hydrogens (tertiary/aromatic N) is 3. The summed E-state index contributed by atoms with van der Waals surface area (Å²) in [6.45, 7) is 15.1. The molecule has 0 amide bonds. The Kier molecular flexibility index (Phi) is 7.80. The maximum atomic E-state index is 12.4. The lowest BCUT2D eigenvalue weighted by atomic mass is 9.68. The molecule has 0 saturated heterocycles. The first-order valence-electron chi connectivity index (χ1n) is 9.31.